The number of aromatic nitrogens is 1. The smallest absolute Gasteiger partial charge is 0.317 e. The van der Waals surface area contributed by atoms with Gasteiger partial charge in [-0.05, 0) is 25.0 Å². The van der Waals surface area contributed by atoms with Crippen molar-refractivity contribution in [2.24, 2.45) is 5.92 Å². The third-order valence-electron chi connectivity index (χ3n) is 5.95. The minimum absolute atomic E-state index is 0.0897. The summed E-state index contributed by atoms with van der Waals surface area (Å²) in [6.07, 6.45) is 2.17. The normalized spacial score (nSPS) is 19.1. The largest absolute Gasteiger partial charge is 0.472 e. The summed E-state index contributed by atoms with van der Waals surface area (Å²) in [5, 5.41) is 12.7. The first kappa shape index (κ1) is 24.5. The number of hydrogen-bond acceptors (Lipinski definition) is 5. The number of nitrogens with one attached hydrogen (secondary N) is 1. The molecule has 1 aromatic carbocycles. The van der Waals surface area contributed by atoms with Crippen molar-refractivity contribution in [2.75, 3.05) is 33.3 Å². The van der Waals surface area contributed by atoms with Crippen LogP contribution in [0.1, 0.15) is 37.6 Å². The molecule has 178 valence electrons. The second kappa shape index (κ2) is 11.1. The molecule has 3 rings (SSSR count). The number of carbonyl (C=O) groups excluding carboxylic acids is 2. The number of urea groups is 1. The van der Waals surface area contributed by atoms with Crippen LogP contribution in [0.2, 0.25) is 0 Å². The Balaban J connectivity index is 1.96. The molecule has 8 nitrogen and oxygen atoms in total. The maximum absolute atomic E-state index is 13.5. The molecule has 33 heavy (non-hydrogen) atoms. The standard InChI is InChI=1S/C25H34N4O4/c1-5-11-26-25(32)28(4)15-22-17(2)14-29(18(3)16-30)24(31)21-12-20(13-27-23(21)33-22)19-9-7-6-8-10-19/h6-10,12-13,17-18,22,30H,5,11,14-16H2,1-4H3,(H,26,32)/t17-,18+,22-/m1/s1. The van der Waals surface area contributed by atoms with Crippen molar-refractivity contribution >= 4 is 11.9 Å². The number of nitrogens with zero attached hydrogens (tertiary/aromatic N) is 3. The molecule has 0 bridgehead atoms. The SMILES string of the molecule is CCCNC(=O)N(C)C[C@H]1Oc2ncc(-c3ccccc3)cc2C(=O)N([C@@H](C)CO)C[C@H]1C. The van der Waals surface area contributed by atoms with E-state index in [0.717, 1.165) is 17.5 Å². The molecule has 0 spiro atoms. The second-order valence-corrected chi connectivity index (χ2v) is 8.68. The van der Waals surface area contributed by atoms with E-state index in [1.165, 1.54) is 0 Å². The van der Waals surface area contributed by atoms with Crippen LogP contribution >= 0.6 is 0 Å². The number of benzene rings is 1. The second-order valence-electron chi connectivity index (χ2n) is 8.68. The van der Waals surface area contributed by atoms with Crippen molar-refractivity contribution in [1.82, 2.24) is 20.1 Å². The lowest BCUT2D eigenvalue weighted by Crippen LogP contribution is -2.51. The Bertz CT molecular complexity index is 953. The van der Waals surface area contributed by atoms with E-state index < -0.39 is 0 Å². The molecule has 0 aliphatic carbocycles. The number of ether oxygens (including phenoxy) is 1. The fourth-order valence-electron chi connectivity index (χ4n) is 3.83. The Morgan fingerprint density at radius 3 is 2.73 bits per heavy atom. The molecular weight excluding hydrogens is 420 g/mol. The van der Waals surface area contributed by atoms with Gasteiger partial charge >= 0.3 is 6.03 Å². The molecular formula is C25H34N4O4. The third-order valence-corrected chi connectivity index (χ3v) is 5.95. The van der Waals surface area contributed by atoms with Crippen LogP contribution in [0.4, 0.5) is 4.79 Å². The highest BCUT2D eigenvalue weighted by Crippen LogP contribution is 2.30. The van der Waals surface area contributed by atoms with Crippen LogP contribution in [0.3, 0.4) is 0 Å². The van der Waals surface area contributed by atoms with Gasteiger partial charge in [0.2, 0.25) is 5.88 Å². The molecule has 2 N–H and O–H groups in total. The molecule has 0 radical (unpaired) electrons. The summed E-state index contributed by atoms with van der Waals surface area (Å²) in [6, 6.07) is 11.0. The summed E-state index contributed by atoms with van der Waals surface area (Å²) in [4.78, 5) is 33.7. The average molecular weight is 455 g/mol. The van der Waals surface area contributed by atoms with Crippen LogP contribution in [0.25, 0.3) is 11.1 Å². The molecule has 0 fully saturated rings. The molecule has 3 amide bonds. The van der Waals surface area contributed by atoms with E-state index in [1.807, 2.05) is 51.1 Å². The highest BCUT2D eigenvalue weighted by atomic mass is 16.5. The summed E-state index contributed by atoms with van der Waals surface area (Å²) in [5.74, 6) is -0.0713. The minimum Gasteiger partial charge on any atom is -0.472 e. The molecule has 0 saturated carbocycles. The molecule has 8 heteroatoms. The number of aliphatic hydroxyl groups is 1. The Kier molecular flexibility index (Phi) is 8.27. The third kappa shape index (κ3) is 5.82. The maximum Gasteiger partial charge on any atom is 0.317 e. The molecule has 3 atom stereocenters. The number of aliphatic hydroxyl groups excluding tert-OH is 1. The van der Waals surface area contributed by atoms with Crippen LogP contribution < -0.4 is 10.1 Å². The van der Waals surface area contributed by atoms with E-state index in [9.17, 15) is 14.7 Å². The first-order valence-electron chi connectivity index (χ1n) is 11.5. The molecule has 1 aliphatic rings. The van der Waals surface area contributed by atoms with Gasteiger partial charge in [0.05, 0.1) is 19.2 Å². The Morgan fingerprint density at radius 2 is 2.06 bits per heavy atom. The molecule has 2 aromatic rings. The van der Waals surface area contributed by atoms with Crippen molar-refractivity contribution in [3.8, 4) is 17.0 Å². The maximum atomic E-state index is 13.5. The zero-order chi connectivity index (χ0) is 24.0. The lowest BCUT2D eigenvalue weighted by atomic mass is 9.99. The average Bonchev–Trinajstić information content (AvgIpc) is 2.84. The summed E-state index contributed by atoms with van der Waals surface area (Å²) in [7, 11) is 1.73. The van der Waals surface area contributed by atoms with Crippen molar-refractivity contribution in [3.05, 3.63) is 48.2 Å². The molecule has 1 aromatic heterocycles. The minimum atomic E-state index is -0.377. The first-order chi connectivity index (χ1) is 15.8. The van der Waals surface area contributed by atoms with Gasteiger partial charge in [0.1, 0.15) is 11.7 Å². The van der Waals surface area contributed by atoms with E-state index in [2.05, 4.69) is 10.3 Å². The lowest BCUT2D eigenvalue weighted by molar-refractivity contribution is 0.0352. The van der Waals surface area contributed by atoms with Gasteiger partial charge in [0.15, 0.2) is 0 Å². The topological polar surface area (TPSA) is 95.0 Å². The van der Waals surface area contributed by atoms with E-state index in [0.29, 0.717) is 25.2 Å². The van der Waals surface area contributed by atoms with Crippen molar-refractivity contribution in [1.29, 1.82) is 0 Å². The summed E-state index contributed by atoms with van der Waals surface area (Å²) in [6.45, 7) is 6.99. The van der Waals surface area contributed by atoms with Crippen molar-refractivity contribution in [2.45, 2.75) is 39.3 Å². The molecule has 0 saturated heterocycles. The van der Waals surface area contributed by atoms with Gasteiger partial charge in [-0.15, -0.1) is 0 Å². The molecule has 0 unspecified atom stereocenters. The van der Waals surface area contributed by atoms with Gasteiger partial charge in [-0.1, -0.05) is 44.2 Å². The number of carbonyl (C=O) groups is 2. The van der Waals surface area contributed by atoms with E-state index in [4.69, 9.17) is 4.74 Å². The number of rotatable bonds is 7. The predicted molar refractivity (Wildman–Crippen MR) is 127 cm³/mol. The van der Waals surface area contributed by atoms with Crippen molar-refractivity contribution in [3.63, 3.8) is 0 Å². The van der Waals surface area contributed by atoms with Gasteiger partial charge in [-0.25, -0.2) is 9.78 Å². The quantitative estimate of drug-likeness (QED) is 0.671. The number of hydrogen-bond donors (Lipinski definition) is 2. The van der Waals surface area contributed by atoms with Crippen LogP contribution in [0, 0.1) is 5.92 Å². The van der Waals surface area contributed by atoms with Crippen LogP contribution in [0.5, 0.6) is 5.88 Å². The van der Waals surface area contributed by atoms with Gasteiger partial charge in [-0.3, -0.25) is 4.79 Å². The highest BCUT2D eigenvalue weighted by molar-refractivity contribution is 5.98. The van der Waals surface area contributed by atoms with Crippen LogP contribution in [0.15, 0.2) is 42.6 Å². The Hall–Kier alpha value is -3.13. The summed E-state index contributed by atoms with van der Waals surface area (Å²) in [5.41, 5.74) is 2.11. The number of pyridine rings is 1. The van der Waals surface area contributed by atoms with E-state index in [-0.39, 0.29) is 42.5 Å². The summed E-state index contributed by atoms with van der Waals surface area (Å²) >= 11 is 0. The Labute approximate surface area is 195 Å². The first-order valence-corrected chi connectivity index (χ1v) is 11.5. The van der Waals surface area contributed by atoms with E-state index >= 15 is 0 Å². The predicted octanol–water partition coefficient (Wildman–Crippen LogP) is 3.02. The fourth-order valence-corrected chi connectivity index (χ4v) is 3.83. The number of likely N-dealkylation sites (N-methyl/N-ethyl adjacent to an activating group) is 1. The lowest BCUT2D eigenvalue weighted by Gasteiger charge is -2.37. The van der Waals surface area contributed by atoms with Gasteiger partial charge in [0, 0.05) is 37.8 Å². The zero-order valence-corrected chi connectivity index (χ0v) is 19.8. The van der Waals surface area contributed by atoms with Gasteiger partial charge in [0.25, 0.3) is 5.91 Å². The van der Waals surface area contributed by atoms with Crippen molar-refractivity contribution < 1.29 is 19.4 Å². The monoisotopic (exact) mass is 454 g/mol. The number of fused-ring (bicyclic) bond motifs is 1. The van der Waals surface area contributed by atoms with Crippen LogP contribution in [-0.2, 0) is 0 Å². The molecule has 1 aliphatic heterocycles. The molecule has 2 heterocycles. The Morgan fingerprint density at radius 1 is 1.33 bits per heavy atom. The zero-order valence-electron chi connectivity index (χ0n) is 19.8. The highest BCUT2D eigenvalue weighted by Gasteiger charge is 2.34. The van der Waals surface area contributed by atoms with E-state index in [1.54, 1.807) is 29.1 Å². The summed E-state index contributed by atoms with van der Waals surface area (Å²) < 4.78 is 6.25. The van der Waals surface area contributed by atoms with Crippen LogP contribution in [-0.4, -0.2) is 77.3 Å². The number of amides is 3. The fraction of sp³-hybridized carbons (Fsp3) is 0.480. The van der Waals surface area contributed by atoms with Gasteiger partial charge in [-0.2, -0.15) is 0 Å². The van der Waals surface area contributed by atoms with Gasteiger partial charge < -0.3 is 25.0 Å².